The van der Waals surface area contributed by atoms with Crippen LogP contribution in [0.15, 0.2) is 48.6 Å². The van der Waals surface area contributed by atoms with Crippen molar-refractivity contribution < 1.29 is 22.7 Å². The first-order valence-electron chi connectivity index (χ1n) is 15.6. The normalized spacial score (nSPS) is 33.8. The zero-order valence-electron chi connectivity index (χ0n) is 25.6. The fraction of sp³-hybridized carbons (Fsp3) is 0.514. The summed E-state index contributed by atoms with van der Waals surface area (Å²) in [5.74, 6) is 3.07. The van der Waals surface area contributed by atoms with Crippen molar-refractivity contribution in [3.63, 3.8) is 0 Å². The lowest BCUT2D eigenvalue weighted by atomic mass is 9.64. The average Bonchev–Trinajstić information content (AvgIpc) is 3.14. The van der Waals surface area contributed by atoms with E-state index in [4.69, 9.17) is 27.5 Å². The summed E-state index contributed by atoms with van der Waals surface area (Å²) in [5, 5.41) is -0.0721. The quantitative estimate of drug-likeness (QED) is 0.310. The third-order valence-corrected chi connectivity index (χ3v) is 12.8. The highest BCUT2D eigenvalue weighted by Crippen LogP contribution is 2.49. The van der Waals surface area contributed by atoms with Crippen LogP contribution in [0.2, 0.25) is 5.02 Å². The van der Waals surface area contributed by atoms with Gasteiger partial charge in [0.15, 0.2) is 0 Å². The zero-order valence-corrected chi connectivity index (χ0v) is 27.2. The standard InChI is InChI=1S/C35H41ClN2O5S/c1-5-35(42-4)17-6-8-23(2)24(3)44(40,41)37-33(39)26-11-15-32-31(19-26)38(20-27-10-13-30(27)35)21-34(22-43-32)16-7-9-25-18-28(36)12-14-29(25)34/h1,6,11-12,14-15,17-19,23-24,27,30H,7-10,13,16,20-22H2,2-4H3,(H,37,39)/b17-6+/t23-,24+,27-,30+,34-,35-/m0/s1. The largest absolute Gasteiger partial charge is 0.490 e. The van der Waals surface area contributed by atoms with Gasteiger partial charge >= 0.3 is 0 Å². The van der Waals surface area contributed by atoms with Crippen LogP contribution < -0.4 is 14.4 Å². The number of ether oxygens (including phenoxy) is 2. The Hall–Kier alpha value is -2.99. The Bertz CT molecular complexity index is 1630. The van der Waals surface area contributed by atoms with Crippen LogP contribution in [-0.2, 0) is 26.6 Å². The zero-order chi connectivity index (χ0) is 31.3. The minimum absolute atomic E-state index is 0.0885. The van der Waals surface area contributed by atoms with Gasteiger partial charge in [0.2, 0.25) is 10.0 Å². The van der Waals surface area contributed by atoms with Gasteiger partial charge in [-0.05, 0) is 105 Å². The molecule has 7 nitrogen and oxygen atoms in total. The average molecular weight is 637 g/mol. The van der Waals surface area contributed by atoms with Gasteiger partial charge in [-0.1, -0.05) is 36.6 Å². The Labute approximate surface area is 266 Å². The van der Waals surface area contributed by atoms with Crippen molar-refractivity contribution in [2.45, 2.75) is 68.6 Å². The molecule has 1 spiro atoms. The number of sulfonamides is 1. The van der Waals surface area contributed by atoms with Crippen LogP contribution in [-0.4, -0.2) is 52.0 Å². The minimum Gasteiger partial charge on any atom is -0.490 e. The molecule has 44 heavy (non-hydrogen) atoms. The summed E-state index contributed by atoms with van der Waals surface area (Å²) in [6.45, 7) is 5.36. The molecule has 2 aromatic carbocycles. The lowest BCUT2D eigenvalue weighted by Crippen LogP contribution is -2.52. The lowest BCUT2D eigenvalue weighted by molar-refractivity contribution is -0.0349. The highest BCUT2D eigenvalue weighted by molar-refractivity contribution is 7.90. The van der Waals surface area contributed by atoms with Gasteiger partial charge in [-0.25, -0.2) is 13.1 Å². The first-order chi connectivity index (χ1) is 21.0. The van der Waals surface area contributed by atoms with Crippen LogP contribution in [0, 0.1) is 30.1 Å². The predicted molar refractivity (Wildman–Crippen MR) is 174 cm³/mol. The van der Waals surface area contributed by atoms with E-state index in [1.807, 2.05) is 25.1 Å². The molecule has 1 amide bonds. The Morgan fingerprint density at radius 1 is 1.18 bits per heavy atom. The molecule has 1 saturated carbocycles. The van der Waals surface area contributed by atoms with Crippen LogP contribution in [0.4, 0.5) is 5.69 Å². The number of benzene rings is 2. The Morgan fingerprint density at radius 2 is 2.00 bits per heavy atom. The number of hydrogen-bond donors (Lipinski definition) is 1. The second-order valence-electron chi connectivity index (χ2n) is 13.2. The van der Waals surface area contributed by atoms with Crippen molar-refractivity contribution in [2.24, 2.45) is 17.8 Å². The van der Waals surface area contributed by atoms with Crippen LogP contribution in [0.5, 0.6) is 5.75 Å². The van der Waals surface area contributed by atoms with Gasteiger partial charge in [0.25, 0.3) is 5.91 Å². The molecule has 9 heteroatoms. The van der Waals surface area contributed by atoms with E-state index in [1.165, 1.54) is 11.1 Å². The van der Waals surface area contributed by atoms with Crippen LogP contribution >= 0.6 is 11.6 Å². The molecule has 2 bridgehead atoms. The molecule has 2 aromatic rings. The first kappa shape index (κ1) is 31.0. The fourth-order valence-electron chi connectivity index (χ4n) is 7.68. The number of anilines is 1. The number of terminal acetylenes is 1. The van der Waals surface area contributed by atoms with E-state index in [2.05, 4.69) is 27.7 Å². The van der Waals surface area contributed by atoms with Crippen molar-refractivity contribution in [1.29, 1.82) is 0 Å². The molecule has 6 rings (SSSR count). The molecular weight excluding hydrogens is 596 g/mol. The predicted octanol–water partition coefficient (Wildman–Crippen LogP) is 5.90. The first-order valence-corrected chi connectivity index (χ1v) is 17.5. The van der Waals surface area contributed by atoms with Gasteiger partial charge in [-0.15, -0.1) is 6.42 Å². The molecular formula is C35H41ClN2O5S. The molecule has 0 radical (unpaired) electrons. The third kappa shape index (κ3) is 5.42. The summed E-state index contributed by atoms with van der Waals surface area (Å²) in [6.07, 6.45) is 15.4. The Morgan fingerprint density at radius 3 is 2.73 bits per heavy atom. The van der Waals surface area contributed by atoms with E-state index in [9.17, 15) is 13.2 Å². The second kappa shape index (κ2) is 11.7. The Balaban J connectivity index is 1.46. The molecule has 0 saturated heterocycles. The highest BCUT2D eigenvalue weighted by atomic mass is 35.5. The van der Waals surface area contributed by atoms with Gasteiger partial charge in [0, 0.05) is 42.1 Å². The summed E-state index contributed by atoms with van der Waals surface area (Å²) in [4.78, 5) is 15.8. The monoisotopic (exact) mass is 636 g/mol. The number of hydrogen-bond acceptors (Lipinski definition) is 6. The molecule has 2 heterocycles. The maximum atomic E-state index is 13.4. The molecule has 0 aromatic heterocycles. The summed E-state index contributed by atoms with van der Waals surface area (Å²) in [5.41, 5.74) is 2.39. The molecule has 234 valence electrons. The summed E-state index contributed by atoms with van der Waals surface area (Å²) >= 11 is 6.41. The van der Waals surface area contributed by atoms with Crippen LogP contribution in [0.1, 0.15) is 67.4 Å². The Kier molecular flexibility index (Phi) is 8.28. The van der Waals surface area contributed by atoms with Gasteiger partial charge in [0.05, 0.1) is 17.5 Å². The molecule has 2 aliphatic heterocycles. The van der Waals surface area contributed by atoms with E-state index < -0.39 is 26.8 Å². The number of amides is 1. The number of nitrogens with zero attached hydrogens (tertiary/aromatic N) is 1. The van der Waals surface area contributed by atoms with E-state index >= 15 is 0 Å². The topological polar surface area (TPSA) is 84.9 Å². The van der Waals surface area contributed by atoms with E-state index in [0.717, 1.165) is 42.8 Å². The van der Waals surface area contributed by atoms with Crippen molar-refractivity contribution >= 4 is 33.2 Å². The van der Waals surface area contributed by atoms with Crippen LogP contribution in [0.3, 0.4) is 0 Å². The number of rotatable bonds is 1. The molecule has 0 unspecified atom stereocenters. The van der Waals surface area contributed by atoms with Crippen molar-refractivity contribution in [1.82, 2.24) is 4.72 Å². The number of nitrogens with one attached hydrogen (secondary N) is 1. The van der Waals surface area contributed by atoms with Gasteiger partial charge < -0.3 is 14.4 Å². The van der Waals surface area contributed by atoms with Crippen molar-refractivity contribution in [3.05, 3.63) is 70.3 Å². The second-order valence-corrected chi connectivity index (χ2v) is 15.6. The summed E-state index contributed by atoms with van der Waals surface area (Å²) in [7, 11) is -2.29. The lowest BCUT2D eigenvalue weighted by Gasteiger charge is -2.48. The van der Waals surface area contributed by atoms with E-state index in [-0.39, 0.29) is 28.7 Å². The molecule has 4 aliphatic rings. The van der Waals surface area contributed by atoms with Gasteiger partial charge in [-0.3, -0.25) is 4.79 Å². The number of carbonyl (C=O) groups is 1. The van der Waals surface area contributed by atoms with E-state index in [0.29, 0.717) is 31.9 Å². The molecule has 2 aliphatic carbocycles. The van der Waals surface area contributed by atoms with Crippen molar-refractivity contribution in [3.8, 4) is 18.1 Å². The maximum absolute atomic E-state index is 13.4. The smallest absolute Gasteiger partial charge is 0.264 e. The van der Waals surface area contributed by atoms with Crippen LogP contribution in [0.25, 0.3) is 0 Å². The van der Waals surface area contributed by atoms with Gasteiger partial charge in [-0.2, -0.15) is 0 Å². The SMILES string of the molecule is C#C[C@]1(OC)/C=C/C[C@H](C)[C@@H](C)S(=O)(=O)NC(=O)c2ccc3c(c2)N(C[C@@H]2CC[C@H]21)C[C@@]1(CCCc2cc(Cl)ccc21)CO3. The maximum Gasteiger partial charge on any atom is 0.264 e. The molecule has 1 fully saturated rings. The van der Waals surface area contributed by atoms with Crippen molar-refractivity contribution in [2.75, 3.05) is 31.7 Å². The highest BCUT2D eigenvalue weighted by Gasteiger charge is 2.48. The number of aryl methyl sites for hydroxylation is 1. The number of methoxy groups -OCH3 is 1. The molecule has 1 N–H and O–H groups in total. The number of fused-ring (bicyclic) bond motifs is 4. The number of allylic oxidation sites excluding steroid dienone is 1. The molecule has 6 atom stereocenters. The third-order valence-electron chi connectivity index (χ3n) is 10.7. The minimum atomic E-state index is -3.95. The number of carbonyl (C=O) groups excluding carboxylic acids is 1. The van der Waals surface area contributed by atoms with Gasteiger partial charge in [0.1, 0.15) is 11.4 Å². The van der Waals surface area contributed by atoms with E-state index in [1.54, 1.807) is 32.2 Å². The number of halogens is 1. The fourth-order valence-corrected chi connectivity index (χ4v) is 9.16. The summed E-state index contributed by atoms with van der Waals surface area (Å²) in [6, 6.07) is 11.4. The summed E-state index contributed by atoms with van der Waals surface area (Å²) < 4.78 is 41.6.